The predicted octanol–water partition coefficient (Wildman–Crippen LogP) is 0.521. The van der Waals surface area contributed by atoms with Crippen LogP contribution in [0.2, 0.25) is 0 Å². The highest BCUT2D eigenvalue weighted by atomic mass is 16.2. The van der Waals surface area contributed by atoms with Crippen molar-refractivity contribution in [3.8, 4) is 0 Å². The molecule has 0 fully saturated rings. The minimum Gasteiger partial charge on any atom is -0.340 e. The lowest BCUT2D eigenvalue weighted by Gasteiger charge is -2.15. The van der Waals surface area contributed by atoms with Crippen LogP contribution in [0, 0.1) is 0 Å². The fourth-order valence-corrected chi connectivity index (χ4v) is 0.746. The van der Waals surface area contributed by atoms with Crippen molar-refractivity contribution in [2.45, 2.75) is 13.8 Å². The van der Waals surface area contributed by atoms with Gasteiger partial charge in [-0.05, 0) is 19.9 Å². The molecule has 0 saturated heterocycles. The average molecular weight is 154 g/mol. The third-order valence-corrected chi connectivity index (χ3v) is 1.37. The SMILES string of the molecule is CCN(CC)C(=O)C=C[C]=O. The lowest BCUT2D eigenvalue weighted by Crippen LogP contribution is -2.28. The first-order valence-corrected chi connectivity index (χ1v) is 3.59. The Kier molecular flexibility index (Phi) is 5.07. The maximum absolute atomic E-state index is 11.0. The molecular weight excluding hydrogens is 142 g/mol. The Morgan fingerprint density at radius 2 is 2.00 bits per heavy atom. The highest BCUT2D eigenvalue weighted by molar-refractivity contribution is 5.90. The van der Waals surface area contributed by atoms with Gasteiger partial charge in [0, 0.05) is 19.2 Å². The largest absolute Gasteiger partial charge is 0.340 e. The molecule has 0 spiro atoms. The third-order valence-electron chi connectivity index (χ3n) is 1.37. The van der Waals surface area contributed by atoms with E-state index in [0.717, 1.165) is 6.08 Å². The minimum absolute atomic E-state index is 0.140. The molecule has 3 heteroatoms. The standard InChI is InChI=1S/C8H12NO2/c1-3-9(4-2)8(11)6-5-7-10/h5-6H,3-4H2,1-2H3. The number of hydrogen-bond acceptors (Lipinski definition) is 2. The normalized spacial score (nSPS) is 10.0. The maximum Gasteiger partial charge on any atom is 0.246 e. The molecule has 0 rings (SSSR count). The second kappa shape index (κ2) is 5.65. The Labute approximate surface area is 66.7 Å². The smallest absolute Gasteiger partial charge is 0.246 e. The van der Waals surface area contributed by atoms with Gasteiger partial charge >= 0.3 is 0 Å². The van der Waals surface area contributed by atoms with Crippen molar-refractivity contribution in [2.24, 2.45) is 0 Å². The highest BCUT2D eigenvalue weighted by Gasteiger charge is 2.03. The van der Waals surface area contributed by atoms with Gasteiger partial charge in [-0.3, -0.25) is 9.59 Å². The third kappa shape index (κ3) is 3.55. The van der Waals surface area contributed by atoms with Crippen LogP contribution >= 0.6 is 0 Å². The van der Waals surface area contributed by atoms with E-state index in [4.69, 9.17) is 0 Å². The van der Waals surface area contributed by atoms with Gasteiger partial charge in [0.15, 0.2) is 0 Å². The van der Waals surface area contributed by atoms with Crippen molar-refractivity contribution in [1.82, 2.24) is 4.90 Å². The molecule has 0 N–H and O–H groups in total. The predicted molar refractivity (Wildman–Crippen MR) is 42.8 cm³/mol. The average Bonchev–Trinajstić information content (AvgIpc) is 2.03. The van der Waals surface area contributed by atoms with Crippen LogP contribution < -0.4 is 0 Å². The van der Waals surface area contributed by atoms with Crippen LogP contribution in [0.3, 0.4) is 0 Å². The summed E-state index contributed by atoms with van der Waals surface area (Å²) < 4.78 is 0. The molecule has 0 saturated carbocycles. The second-order valence-electron chi connectivity index (χ2n) is 1.96. The molecule has 11 heavy (non-hydrogen) atoms. The van der Waals surface area contributed by atoms with E-state index in [1.54, 1.807) is 4.90 Å². The first-order valence-electron chi connectivity index (χ1n) is 3.59. The van der Waals surface area contributed by atoms with Crippen molar-refractivity contribution in [3.05, 3.63) is 12.2 Å². The van der Waals surface area contributed by atoms with Crippen molar-refractivity contribution in [3.63, 3.8) is 0 Å². The summed E-state index contributed by atoms with van der Waals surface area (Å²) in [7, 11) is 0. The van der Waals surface area contributed by atoms with Crippen molar-refractivity contribution < 1.29 is 9.59 Å². The van der Waals surface area contributed by atoms with E-state index in [2.05, 4.69) is 0 Å². The molecule has 61 valence electrons. The van der Waals surface area contributed by atoms with E-state index in [9.17, 15) is 9.59 Å². The second-order valence-corrected chi connectivity index (χ2v) is 1.96. The van der Waals surface area contributed by atoms with Gasteiger partial charge in [-0.2, -0.15) is 0 Å². The van der Waals surface area contributed by atoms with E-state index in [0.29, 0.717) is 13.1 Å². The fourth-order valence-electron chi connectivity index (χ4n) is 0.746. The van der Waals surface area contributed by atoms with E-state index in [1.807, 2.05) is 13.8 Å². The first-order chi connectivity index (χ1) is 5.26. The van der Waals surface area contributed by atoms with Crippen LogP contribution in [0.1, 0.15) is 13.8 Å². The molecule has 0 atom stereocenters. The Bertz CT molecular complexity index is 159. The van der Waals surface area contributed by atoms with Crippen molar-refractivity contribution >= 4 is 12.2 Å². The molecule has 0 aromatic rings. The van der Waals surface area contributed by atoms with Gasteiger partial charge in [-0.1, -0.05) is 0 Å². The lowest BCUT2D eigenvalue weighted by molar-refractivity contribution is -0.125. The van der Waals surface area contributed by atoms with Gasteiger partial charge in [0.05, 0.1) is 0 Å². The topological polar surface area (TPSA) is 37.4 Å². The van der Waals surface area contributed by atoms with Crippen LogP contribution in [0.5, 0.6) is 0 Å². The summed E-state index contributed by atoms with van der Waals surface area (Å²) in [6.07, 6.45) is 3.83. The molecule has 0 heterocycles. The molecule has 0 unspecified atom stereocenters. The zero-order valence-electron chi connectivity index (χ0n) is 6.83. The Balaban J connectivity index is 3.98. The molecule has 1 amide bonds. The molecule has 0 aliphatic rings. The maximum atomic E-state index is 11.0. The molecule has 0 aromatic heterocycles. The number of amides is 1. The van der Waals surface area contributed by atoms with E-state index < -0.39 is 0 Å². The molecular formula is C8H12NO2. The number of hydrogen-bond donors (Lipinski definition) is 0. The number of allylic oxidation sites excluding steroid dienone is 1. The van der Waals surface area contributed by atoms with Crippen LogP contribution in [0.4, 0.5) is 0 Å². The molecule has 0 aliphatic carbocycles. The van der Waals surface area contributed by atoms with E-state index >= 15 is 0 Å². The van der Waals surface area contributed by atoms with Gasteiger partial charge < -0.3 is 4.90 Å². The minimum atomic E-state index is -0.140. The van der Waals surface area contributed by atoms with Gasteiger partial charge in [0.25, 0.3) is 0 Å². The summed E-state index contributed by atoms with van der Waals surface area (Å²) in [5.74, 6) is -0.140. The van der Waals surface area contributed by atoms with Crippen LogP contribution in [-0.4, -0.2) is 30.2 Å². The molecule has 1 radical (unpaired) electrons. The highest BCUT2D eigenvalue weighted by Crippen LogP contribution is 1.89. The summed E-state index contributed by atoms with van der Waals surface area (Å²) in [4.78, 5) is 22.4. The zero-order valence-corrected chi connectivity index (χ0v) is 6.83. The zero-order chi connectivity index (χ0) is 8.69. The summed E-state index contributed by atoms with van der Waals surface area (Å²) in [5.41, 5.74) is 0. The fraction of sp³-hybridized carbons (Fsp3) is 0.500. The summed E-state index contributed by atoms with van der Waals surface area (Å²) in [5, 5.41) is 0. The number of carbonyl (C=O) groups is 1. The van der Waals surface area contributed by atoms with Crippen LogP contribution in [-0.2, 0) is 9.59 Å². The quantitative estimate of drug-likeness (QED) is 0.553. The van der Waals surface area contributed by atoms with Crippen LogP contribution in [0.25, 0.3) is 0 Å². The summed E-state index contributed by atoms with van der Waals surface area (Å²) in [6.45, 7) is 5.11. The summed E-state index contributed by atoms with van der Waals surface area (Å²) in [6, 6.07) is 0. The van der Waals surface area contributed by atoms with Gasteiger partial charge in [-0.25, -0.2) is 0 Å². The number of carbonyl (C=O) groups excluding carboxylic acids is 2. The van der Waals surface area contributed by atoms with E-state index in [1.165, 1.54) is 12.4 Å². The summed E-state index contributed by atoms with van der Waals surface area (Å²) >= 11 is 0. The molecule has 3 nitrogen and oxygen atoms in total. The number of nitrogens with zero attached hydrogens (tertiary/aromatic N) is 1. The van der Waals surface area contributed by atoms with Crippen molar-refractivity contribution in [2.75, 3.05) is 13.1 Å². The molecule has 0 aromatic carbocycles. The monoisotopic (exact) mass is 154 g/mol. The van der Waals surface area contributed by atoms with Gasteiger partial charge in [-0.15, -0.1) is 0 Å². The Hall–Kier alpha value is -1.12. The van der Waals surface area contributed by atoms with E-state index in [-0.39, 0.29) is 5.91 Å². The number of rotatable bonds is 4. The number of likely N-dealkylation sites (N-methyl/N-ethyl adjacent to an activating group) is 1. The molecule has 0 aliphatic heterocycles. The Morgan fingerprint density at radius 1 is 1.45 bits per heavy atom. The van der Waals surface area contributed by atoms with Crippen molar-refractivity contribution in [1.29, 1.82) is 0 Å². The van der Waals surface area contributed by atoms with Crippen LogP contribution in [0.15, 0.2) is 12.2 Å². The Morgan fingerprint density at radius 3 is 2.36 bits per heavy atom. The van der Waals surface area contributed by atoms with Gasteiger partial charge in [0.2, 0.25) is 12.2 Å². The van der Waals surface area contributed by atoms with Gasteiger partial charge in [0.1, 0.15) is 0 Å². The first kappa shape index (κ1) is 9.88. The lowest BCUT2D eigenvalue weighted by atomic mass is 10.4. The molecule has 0 bridgehead atoms.